The first-order valence-corrected chi connectivity index (χ1v) is 7.26. The van der Waals surface area contributed by atoms with Crippen LogP contribution in [0.2, 0.25) is 0 Å². The molecule has 0 aromatic heterocycles. The fraction of sp³-hybridized carbons (Fsp3) is 0.933. The molecule has 0 amide bonds. The van der Waals surface area contributed by atoms with Crippen LogP contribution in [-0.2, 0) is 9.53 Å². The lowest BCUT2D eigenvalue weighted by atomic mass is 9.73. The summed E-state index contributed by atoms with van der Waals surface area (Å²) in [5, 5.41) is 0. The molecule has 0 radical (unpaired) electrons. The molecule has 98 valence electrons. The number of hydrogen-bond acceptors (Lipinski definition) is 2. The van der Waals surface area contributed by atoms with Crippen LogP contribution in [0.25, 0.3) is 0 Å². The van der Waals surface area contributed by atoms with Crippen molar-refractivity contribution in [3.63, 3.8) is 0 Å². The summed E-state index contributed by atoms with van der Waals surface area (Å²) in [6.07, 6.45) is 9.58. The Kier molecular flexibility index (Phi) is 3.51. The normalized spacial score (nSPS) is 32.9. The maximum Gasteiger partial charge on any atom is 0.309 e. The van der Waals surface area contributed by atoms with Gasteiger partial charge in [-0.3, -0.25) is 4.79 Å². The summed E-state index contributed by atoms with van der Waals surface area (Å²) in [6.45, 7) is 6.21. The van der Waals surface area contributed by atoms with Gasteiger partial charge in [0, 0.05) is 5.41 Å². The Bertz CT molecular complexity index is 286. The van der Waals surface area contributed by atoms with E-state index in [0.717, 1.165) is 12.8 Å². The molecule has 0 aromatic rings. The van der Waals surface area contributed by atoms with Crippen LogP contribution in [0.4, 0.5) is 0 Å². The van der Waals surface area contributed by atoms with Crippen molar-refractivity contribution in [1.29, 1.82) is 0 Å². The number of rotatable bonds is 3. The Labute approximate surface area is 105 Å². The van der Waals surface area contributed by atoms with Gasteiger partial charge >= 0.3 is 5.97 Å². The minimum absolute atomic E-state index is 0.0168. The van der Waals surface area contributed by atoms with Crippen LogP contribution < -0.4 is 0 Å². The quantitative estimate of drug-likeness (QED) is 0.692. The number of ether oxygens (including phenoxy) is 1. The first-order chi connectivity index (χ1) is 8.03. The summed E-state index contributed by atoms with van der Waals surface area (Å²) in [5.41, 5.74) is 0.139. The number of carbonyl (C=O) groups excluding carboxylic acids is 1. The Balaban J connectivity index is 2.09. The first kappa shape index (κ1) is 12.9. The van der Waals surface area contributed by atoms with Crippen LogP contribution in [0.1, 0.15) is 72.1 Å². The van der Waals surface area contributed by atoms with E-state index < -0.39 is 0 Å². The van der Waals surface area contributed by atoms with Crippen molar-refractivity contribution in [2.24, 2.45) is 11.3 Å². The third kappa shape index (κ3) is 2.11. The van der Waals surface area contributed by atoms with Crippen LogP contribution in [0, 0.1) is 11.3 Å². The topological polar surface area (TPSA) is 26.3 Å². The molecule has 2 aliphatic rings. The average Bonchev–Trinajstić information content (AvgIpc) is 2.88. The summed E-state index contributed by atoms with van der Waals surface area (Å²) >= 11 is 0. The minimum atomic E-state index is -0.177. The number of hydrogen-bond donors (Lipinski definition) is 0. The summed E-state index contributed by atoms with van der Waals surface area (Å²) in [4.78, 5) is 12.1. The highest BCUT2D eigenvalue weighted by Gasteiger charge is 2.55. The van der Waals surface area contributed by atoms with Crippen molar-refractivity contribution in [1.82, 2.24) is 0 Å². The highest BCUT2D eigenvalue weighted by molar-refractivity contribution is 5.72. The maximum atomic E-state index is 12.1. The first-order valence-electron chi connectivity index (χ1n) is 7.26. The highest BCUT2D eigenvalue weighted by Crippen LogP contribution is 2.58. The molecule has 2 aliphatic carbocycles. The molecule has 17 heavy (non-hydrogen) atoms. The van der Waals surface area contributed by atoms with Crippen molar-refractivity contribution in [3.8, 4) is 0 Å². The van der Waals surface area contributed by atoms with E-state index in [1.165, 1.54) is 38.5 Å². The predicted octanol–water partition coefficient (Wildman–Crippen LogP) is 4.08. The molecule has 2 rings (SSSR count). The fourth-order valence-electron chi connectivity index (χ4n) is 3.77. The van der Waals surface area contributed by atoms with Crippen molar-refractivity contribution < 1.29 is 9.53 Å². The van der Waals surface area contributed by atoms with Gasteiger partial charge in [0.05, 0.1) is 5.92 Å². The lowest BCUT2D eigenvalue weighted by Crippen LogP contribution is -2.44. The second-order valence-electron chi connectivity index (χ2n) is 6.30. The van der Waals surface area contributed by atoms with E-state index in [1.807, 2.05) is 13.8 Å². The molecule has 2 unspecified atom stereocenters. The molecule has 0 saturated heterocycles. The largest absolute Gasteiger partial charge is 0.459 e. The molecule has 2 heteroatoms. The van der Waals surface area contributed by atoms with Crippen LogP contribution in [0.5, 0.6) is 0 Å². The van der Waals surface area contributed by atoms with Gasteiger partial charge in [-0.25, -0.2) is 0 Å². The van der Waals surface area contributed by atoms with Gasteiger partial charge in [0.2, 0.25) is 0 Å². The van der Waals surface area contributed by atoms with Crippen LogP contribution in [0.3, 0.4) is 0 Å². The van der Waals surface area contributed by atoms with Gasteiger partial charge in [-0.05, 0) is 45.4 Å². The fourth-order valence-corrected chi connectivity index (χ4v) is 3.77. The van der Waals surface area contributed by atoms with Gasteiger partial charge < -0.3 is 4.74 Å². The SMILES string of the molecule is CCC(C)C(=O)OC1(C)CCCC12CCCC2. The van der Waals surface area contributed by atoms with E-state index in [9.17, 15) is 4.79 Å². The van der Waals surface area contributed by atoms with Gasteiger partial charge in [-0.1, -0.05) is 26.7 Å². The summed E-state index contributed by atoms with van der Waals surface area (Å²) in [5.74, 6) is 0.0639. The molecule has 2 fully saturated rings. The average molecular weight is 238 g/mol. The van der Waals surface area contributed by atoms with Crippen LogP contribution in [0.15, 0.2) is 0 Å². The predicted molar refractivity (Wildman–Crippen MR) is 68.7 cm³/mol. The van der Waals surface area contributed by atoms with Crippen LogP contribution in [-0.4, -0.2) is 11.6 Å². The van der Waals surface area contributed by atoms with E-state index in [1.54, 1.807) is 0 Å². The molecule has 0 N–H and O–H groups in total. The van der Waals surface area contributed by atoms with E-state index >= 15 is 0 Å². The van der Waals surface area contributed by atoms with Gasteiger partial charge in [-0.2, -0.15) is 0 Å². The summed E-state index contributed by atoms with van der Waals surface area (Å²) in [6, 6.07) is 0. The molecule has 1 spiro atoms. The van der Waals surface area contributed by atoms with E-state index in [2.05, 4.69) is 6.92 Å². The molecule has 2 atom stereocenters. The van der Waals surface area contributed by atoms with Crippen molar-refractivity contribution in [3.05, 3.63) is 0 Å². The van der Waals surface area contributed by atoms with Gasteiger partial charge in [0.15, 0.2) is 0 Å². The van der Waals surface area contributed by atoms with Crippen LogP contribution >= 0.6 is 0 Å². The number of esters is 1. The van der Waals surface area contributed by atoms with Crippen molar-refractivity contribution in [2.45, 2.75) is 77.7 Å². The third-order valence-corrected chi connectivity index (χ3v) is 5.33. The molecule has 2 saturated carbocycles. The Morgan fingerprint density at radius 2 is 1.76 bits per heavy atom. The van der Waals surface area contributed by atoms with Gasteiger partial charge in [-0.15, -0.1) is 0 Å². The summed E-state index contributed by atoms with van der Waals surface area (Å²) < 4.78 is 5.95. The van der Waals surface area contributed by atoms with E-state index in [-0.39, 0.29) is 17.5 Å². The number of carbonyl (C=O) groups is 1. The van der Waals surface area contributed by atoms with Crippen molar-refractivity contribution in [2.75, 3.05) is 0 Å². The molecule has 2 nitrogen and oxygen atoms in total. The zero-order chi connectivity index (χ0) is 12.5. The molecular weight excluding hydrogens is 212 g/mol. The molecule has 0 bridgehead atoms. The van der Waals surface area contributed by atoms with E-state index in [0.29, 0.717) is 5.41 Å². The van der Waals surface area contributed by atoms with Crippen molar-refractivity contribution >= 4 is 5.97 Å². The second-order valence-corrected chi connectivity index (χ2v) is 6.30. The molecule has 0 heterocycles. The van der Waals surface area contributed by atoms with E-state index in [4.69, 9.17) is 4.74 Å². The third-order valence-electron chi connectivity index (χ3n) is 5.33. The molecular formula is C15H26O2. The lowest BCUT2D eigenvalue weighted by molar-refractivity contribution is -0.174. The second kappa shape index (κ2) is 4.62. The van der Waals surface area contributed by atoms with Gasteiger partial charge in [0.25, 0.3) is 0 Å². The lowest BCUT2D eigenvalue weighted by Gasteiger charge is -2.41. The summed E-state index contributed by atoms with van der Waals surface area (Å²) in [7, 11) is 0. The minimum Gasteiger partial charge on any atom is -0.459 e. The maximum absolute atomic E-state index is 12.1. The Hall–Kier alpha value is -0.530. The zero-order valence-corrected chi connectivity index (χ0v) is 11.6. The highest BCUT2D eigenvalue weighted by atomic mass is 16.6. The smallest absolute Gasteiger partial charge is 0.309 e. The molecule has 0 aromatic carbocycles. The monoisotopic (exact) mass is 238 g/mol. The Morgan fingerprint density at radius 1 is 1.18 bits per heavy atom. The Morgan fingerprint density at radius 3 is 2.35 bits per heavy atom. The standard InChI is InChI=1S/C15H26O2/c1-4-12(2)13(16)17-14(3)8-7-11-15(14)9-5-6-10-15/h12H,4-11H2,1-3H3. The van der Waals surface area contributed by atoms with Gasteiger partial charge in [0.1, 0.15) is 5.60 Å². The zero-order valence-electron chi connectivity index (χ0n) is 11.6. The molecule has 0 aliphatic heterocycles.